The van der Waals surface area contributed by atoms with E-state index >= 15 is 0 Å². The second-order valence-electron chi connectivity index (χ2n) is 5.44. The second-order valence-corrected chi connectivity index (χ2v) is 6.39. The maximum atomic E-state index is 12.6. The van der Waals surface area contributed by atoms with Crippen LogP contribution in [0.1, 0.15) is 22.8 Å². The molecule has 4 rings (SSSR count). The molecule has 0 radical (unpaired) electrons. The summed E-state index contributed by atoms with van der Waals surface area (Å²) in [4.78, 5) is 18.1. The molecule has 7 heteroatoms. The minimum Gasteiger partial charge on any atom is -0.360 e. The lowest BCUT2D eigenvalue weighted by Crippen LogP contribution is -2.13. The molecule has 0 aliphatic rings. The molecule has 0 unspecified atom stereocenters. The van der Waals surface area contributed by atoms with Crippen LogP contribution in [0.2, 0.25) is 0 Å². The van der Waals surface area contributed by atoms with Crippen LogP contribution in [0.5, 0.6) is 0 Å². The fourth-order valence-corrected chi connectivity index (χ4v) is 3.42. The van der Waals surface area contributed by atoms with Gasteiger partial charge in [-0.15, -0.1) is 21.5 Å². The summed E-state index contributed by atoms with van der Waals surface area (Å²) in [5.41, 5.74) is 2.88. The first kappa shape index (κ1) is 14.8. The Labute approximate surface area is 142 Å². The summed E-state index contributed by atoms with van der Waals surface area (Å²) in [6, 6.07) is 9.88. The number of nitrogens with one attached hydrogen (secondary N) is 1. The molecule has 1 N–H and O–H groups in total. The number of ketones is 1. The van der Waals surface area contributed by atoms with Gasteiger partial charge in [0, 0.05) is 22.7 Å². The Morgan fingerprint density at radius 1 is 1.29 bits per heavy atom. The van der Waals surface area contributed by atoms with Crippen molar-refractivity contribution in [3.05, 3.63) is 53.0 Å². The van der Waals surface area contributed by atoms with E-state index in [0.29, 0.717) is 11.4 Å². The zero-order valence-electron chi connectivity index (χ0n) is 13.1. The number of nitrogens with zero attached hydrogens (tertiary/aromatic N) is 4. The maximum Gasteiger partial charge on any atom is 0.214 e. The van der Waals surface area contributed by atoms with Gasteiger partial charge >= 0.3 is 0 Å². The van der Waals surface area contributed by atoms with Gasteiger partial charge in [0.1, 0.15) is 6.54 Å². The summed E-state index contributed by atoms with van der Waals surface area (Å²) in [5.74, 6) is 0.509. The Morgan fingerprint density at radius 2 is 2.21 bits per heavy atom. The van der Waals surface area contributed by atoms with Crippen LogP contribution < -0.4 is 0 Å². The summed E-state index contributed by atoms with van der Waals surface area (Å²) in [5, 5.41) is 15.2. The molecule has 0 atom stereocenters. The molecule has 0 bridgehead atoms. The number of benzene rings is 1. The zero-order chi connectivity index (χ0) is 16.5. The number of aromatic amines is 1. The number of Topliss-reactive ketones (excluding diaryl/α,β-unsaturated/α-hetero) is 1. The molecule has 0 saturated carbocycles. The number of para-hydroxylation sites is 1. The third kappa shape index (κ3) is 2.52. The Bertz CT molecular complexity index is 999. The molecular weight excluding hydrogens is 322 g/mol. The lowest BCUT2D eigenvalue weighted by Gasteiger charge is -2.01. The van der Waals surface area contributed by atoms with E-state index in [2.05, 4.69) is 33.4 Å². The number of H-pyrrole nitrogens is 1. The van der Waals surface area contributed by atoms with Crippen molar-refractivity contribution >= 4 is 28.0 Å². The fraction of sp³-hybridized carbons (Fsp3) is 0.176. The Hall–Kier alpha value is -2.80. The standard InChI is InChI=1S/C17H15N5OS/c1-2-11-5-3-6-12-13(9-18-16(11)12)14(23)10-22-20-17(19-21-22)15-7-4-8-24-15/h3-9,18H,2,10H2,1H3. The molecule has 3 aromatic heterocycles. The highest BCUT2D eigenvalue weighted by Crippen LogP contribution is 2.23. The highest BCUT2D eigenvalue weighted by Gasteiger charge is 2.16. The van der Waals surface area contributed by atoms with E-state index in [-0.39, 0.29) is 12.3 Å². The third-order valence-corrected chi connectivity index (χ3v) is 4.83. The molecule has 1 aromatic carbocycles. The monoisotopic (exact) mass is 337 g/mol. The summed E-state index contributed by atoms with van der Waals surface area (Å²) < 4.78 is 0. The lowest BCUT2D eigenvalue weighted by atomic mass is 10.1. The molecule has 4 aromatic rings. The molecule has 0 amide bonds. The number of hydrogen-bond acceptors (Lipinski definition) is 5. The average Bonchev–Trinajstić information content (AvgIpc) is 3.33. The van der Waals surface area contributed by atoms with Gasteiger partial charge in [-0.2, -0.15) is 4.80 Å². The third-order valence-electron chi connectivity index (χ3n) is 3.96. The van der Waals surface area contributed by atoms with Gasteiger partial charge in [0.25, 0.3) is 0 Å². The predicted octanol–water partition coefficient (Wildman–Crippen LogP) is 3.33. The zero-order valence-corrected chi connectivity index (χ0v) is 13.9. The van der Waals surface area contributed by atoms with Gasteiger partial charge in [0.05, 0.1) is 4.88 Å². The van der Waals surface area contributed by atoms with E-state index in [1.165, 1.54) is 10.4 Å². The van der Waals surface area contributed by atoms with Gasteiger partial charge in [-0.05, 0) is 28.6 Å². The Balaban J connectivity index is 1.61. The van der Waals surface area contributed by atoms with E-state index < -0.39 is 0 Å². The van der Waals surface area contributed by atoms with Crippen molar-refractivity contribution in [2.75, 3.05) is 0 Å². The molecule has 0 fully saturated rings. The molecule has 0 aliphatic carbocycles. The van der Waals surface area contributed by atoms with Crippen LogP contribution >= 0.6 is 11.3 Å². The number of aryl methyl sites for hydroxylation is 1. The second kappa shape index (κ2) is 6.01. The Kier molecular flexibility index (Phi) is 3.70. The predicted molar refractivity (Wildman–Crippen MR) is 93.1 cm³/mol. The van der Waals surface area contributed by atoms with Crippen LogP contribution in [0, 0.1) is 0 Å². The van der Waals surface area contributed by atoms with Gasteiger partial charge < -0.3 is 4.98 Å². The van der Waals surface area contributed by atoms with E-state index in [1.807, 2.05) is 29.6 Å². The molecule has 0 saturated heterocycles. The highest BCUT2D eigenvalue weighted by molar-refractivity contribution is 7.13. The van der Waals surface area contributed by atoms with Crippen molar-refractivity contribution < 1.29 is 4.79 Å². The van der Waals surface area contributed by atoms with Crippen molar-refractivity contribution in [2.45, 2.75) is 19.9 Å². The van der Waals surface area contributed by atoms with Crippen LogP contribution in [0.3, 0.4) is 0 Å². The summed E-state index contributed by atoms with van der Waals surface area (Å²) in [7, 11) is 0. The first-order chi connectivity index (χ1) is 11.8. The lowest BCUT2D eigenvalue weighted by molar-refractivity contribution is 0.0963. The fourth-order valence-electron chi connectivity index (χ4n) is 2.77. The summed E-state index contributed by atoms with van der Waals surface area (Å²) >= 11 is 1.54. The van der Waals surface area contributed by atoms with Crippen molar-refractivity contribution in [1.29, 1.82) is 0 Å². The van der Waals surface area contributed by atoms with Crippen molar-refractivity contribution in [1.82, 2.24) is 25.2 Å². The first-order valence-corrected chi connectivity index (χ1v) is 8.58. The van der Waals surface area contributed by atoms with Crippen molar-refractivity contribution in [3.63, 3.8) is 0 Å². The van der Waals surface area contributed by atoms with Crippen LogP contribution in [0.25, 0.3) is 21.6 Å². The topological polar surface area (TPSA) is 76.5 Å². The van der Waals surface area contributed by atoms with Gasteiger partial charge in [-0.3, -0.25) is 4.79 Å². The molecular formula is C17H15N5OS. The largest absolute Gasteiger partial charge is 0.360 e. The first-order valence-electron chi connectivity index (χ1n) is 7.70. The van der Waals surface area contributed by atoms with Gasteiger partial charge in [-0.1, -0.05) is 31.2 Å². The number of tetrazole rings is 1. The molecule has 120 valence electrons. The molecule has 3 heterocycles. The number of fused-ring (bicyclic) bond motifs is 1. The Morgan fingerprint density at radius 3 is 3.00 bits per heavy atom. The van der Waals surface area contributed by atoms with E-state index in [0.717, 1.165) is 22.2 Å². The van der Waals surface area contributed by atoms with E-state index in [9.17, 15) is 4.79 Å². The minimum absolute atomic E-state index is 0.0374. The molecule has 0 spiro atoms. The van der Waals surface area contributed by atoms with Crippen LogP contribution in [0.4, 0.5) is 0 Å². The van der Waals surface area contributed by atoms with Gasteiger partial charge in [-0.25, -0.2) is 0 Å². The quantitative estimate of drug-likeness (QED) is 0.567. The van der Waals surface area contributed by atoms with Crippen LogP contribution in [0.15, 0.2) is 41.9 Å². The van der Waals surface area contributed by atoms with Gasteiger partial charge in [0.15, 0.2) is 5.78 Å². The SMILES string of the molecule is CCc1cccc2c(C(=O)Cn3nnc(-c4cccs4)n3)c[nH]c12. The molecule has 6 nitrogen and oxygen atoms in total. The van der Waals surface area contributed by atoms with Crippen LogP contribution in [-0.2, 0) is 13.0 Å². The number of carbonyl (C=O) groups is 1. The minimum atomic E-state index is -0.0374. The maximum absolute atomic E-state index is 12.6. The number of aromatic nitrogens is 5. The molecule has 24 heavy (non-hydrogen) atoms. The number of carbonyl (C=O) groups excluding carboxylic acids is 1. The van der Waals surface area contributed by atoms with E-state index in [1.54, 1.807) is 17.5 Å². The number of thiophene rings is 1. The van der Waals surface area contributed by atoms with Crippen molar-refractivity contribution in [2.24, 2.45) is 0 Å². The normalized spacial score (nSPS) is 11.2. The number of rotatable bonds is 5. The average molecular weight is 337 g/mol. The van der Waals surface area contributed by atoms with Gasteiger partial charge in [0.2, 0.25) is 5.82 Å². The summed E-state index contributed by atoms with van der Waals surface area (Å²) in [6.45, 7) is 2.17. The number of hydrogen-bond donors (Lipinski definition) is 1. The summed E-state index contributed by atoms with van der Waals surface area (Å²) in [6.07, 6.45) is 2.68. The van der Waals surface area contributed by atoms with Crippen molar-refractivity contribution in [3.8, 4) is 10.7 Å². The van der Waals surface area contributed by atoms with E-state index in [4.69, 9.17) is 0 Å². The highest BCUT2D eigenvalue weighted by atomic mass is 32.1. The smallest absolute Gasteiger partial charge is 0.214 e. The molecule has 0 aliphatic heterocycles. The van der Waals surface area contributed by atoms with Crippen LogP contribution in [-0.4, -0.2) is 31.0 Å².